The van der Waals surface area contributed by atoms with Gasteiger partial charge in [0.2, 0.25) is 0 Å². The summed E-state index contributed by atoms with van der Waals surface area (Å²) < 4.78 is 0. The van der Waals surface area contributed by atoms with Crippen LogP contribution in [0.2, 0.25) is 0 Å². The molecule has 3 nitrogen and oxygen atoms in total. The molecule has 1 atom stereocenters. The molecule has 112 valence electrons. The molecular weight excluding hydrogens is 286 g/mol. The van der Waals surface area contributed by atoms with Gasteiger partial charge in [-0.15, -0.1) is 0 Å². The summed E-state index contributed by atoms with van der Waals surface area (Å²) in [6, 6.07) is 22.7. The first-order valence-corrected chi connectivity index (χ1v) is 7.38. The molecular formula is C20H15NO2. The van der Waals surface area contributed by atoms with Crippen molar-refractivity contribution in [3.05, 3.63) is 83.4 Å². The topological polar surface area (TPSA) is 61.1 Å². The Morgan fingerprint density at radius 1 is 1.00 bits per heavy atom. The molecule has 23 heavy (non-hydrogen) atoms. The second-order valence-electron chi connectivity index (χ2n) is 5.47. The summed E-state index contributed by atoms with van der Waals surface area (Å²) in [5.74, 6) is -1.46. The van der Waals surface area contributed by atoms with Gasteiger partial charge < -0.3 is 5.11 Å². The number of rotatable bonds is 4. The zero-order valence-corrected chi connectivity index (χ0v) is 12.4. The third-order valence-electron chi connectivity index (χ3n) is 4.02. The standard InChI is InChI=1S/C20H15NO2/c21-13-15-10-8-14(9-11-15)12-19(20(22)23)18-7-3-5-16-4-1-2-6-17(16)18/h1-11,19H,12H2,(H,22,23). The van der Waals surface area contributed by atoms with E-state index in [0.717, 1.165) is 21.9 Å². The fraction of sp³-hybridized carbons (Fsp3) is 0.100. The maximum absolute atomic E-state index is 11.8. The van der Waals surface area contributed by atoms with E-state index in [9.17, 15) is 9.90 Å². The predicted octanol–water partition coefficient (Wildman–Crippen LogP) is 4.12. The number of hydrogen-bond donors (Lipinski definition) is 1. The number of carbonyl (C=O) groups is 1. The quantitative estimate of drug-likeness (QED) is 0.788. The van der Waals surface area contributed by atoms with Gasteiger partial charge in [-0.25, -0.2) is 0 Å². The van der Waals surface area contributed by atoms with Crippen molar-refractivity contribution in [3.8, 4) is 6.07 Å². The second kappa shape index (κ2) is 6.33. The number of nitriles is 1. The molecule has 0 aromatic heterocycles. The number of benzene rings is 3. The minimum Gasteiger partial charge on any atom is -0.481 e. The first-order chi connectivity index (χ1) is 11.2. The maximum atomic E-state index is 11.8. The molecule has 0 heterocycles. The first kappa shape index (κ1) is 14.8. The number of fused-ring (bicyclic) bond motifs is 1. The zero-order chi connectivity index (χ0) is 16.2. The van der Waals surface area contributed by atoms with Crippen LogP contribution in [0.4, 0.5) is 0 Å². The van der Waals surface area contributed by atoms with Crippen molar-refractivity contribution in [2.24, 2.45) is 0 Å². The smallest absolute Gasteiger partial charge is 0.311 e. The number of aliphatic carboxylic acids is 1. The summed E-state index contributed by atoms with van der Waals surface area (Å²) in [5.41, 5.74) is 2.30. The fourth-order valence-corrected chi connectivity index (χ4v) is 2.84. The van der Waals surface area contributed by atoms with E-state index in [4.69, 9.17) is 5.26 Å². The van der Waals surface area contributed by atoms with Gasteiger partial charge in [0.05, 0.1) is 17.6 Å². The molecule has 1 unspecified atom stereocenters. The fourth-order valence-electron chi connectivity index (χ4n) is 2.84. The van der Waals surface area contributed by atoms with Crippen molar-refractivity contribution in [2.75, 3.05) is 0 Å². The minimum absolute atomic E-state index is 0.398. The highest BCUT2D eigenvalue weighted by Gasteiger charge is 2.22. The Balaban J connectivity index is 2.01. The van der Waals surface area contributed by atoms with Crippen molar-refractivity contribution < 1.29 is 9.90 Å². The summed E-state index contributed by atoms with van der Waals surface area (Å²) >= 11 is 0. The van der Waals surface area contributed by atoms with E-state index >= 15 is 0 Å². The van der Waals surface area contributed by atoms with E-state index in [0.29, 0.717) is 12.0 Å². The normalized spacial score (nSPS) is 11.8. The second-order valence-corrected chi connectivity index (χ2v) is 5.47. The molecule has 1 N–H and O–H groups in total. The summed E-state index contributed by atoms with van der Waals surface area (Å²) in [7, 11) is 0. The van der Waals surface area contributed by atoms with Crippen LogP contribution in [-0.2, 0) is 11.2 Å². The van der Waals surface area contributed by atoms with E-state index in [1.54, 1.807) is 12.1 Å². The van der Waals surface area contributed by atoms with Crippen LogP contribution in [-0.4, -0.2) is 11.1 Å². The van der Waals surface area contributed by atoms with Gasteiger partial charge in [-0.05, 0) is 40.5 Å². The molecule has 0 saturated heterocycles. The lowest BCUT2D eigenvalue weighted by Crippen LogP contribution is -2.15. The van der Waals surface area contributed by atoms with Gasteiger partial charge in [0, 0.05) is 0 Å². The van der Waals surface area contributed by atoms with E-state index in [2.05, 4.69) is 6.07 Å². The van der Waals surface area contributed by atoms with Crippen LogP contribution in [0.1, 0.15) is 22.6 Å². The first-order valence-electron chi connectivity index (χ1n) is 7.38. The van der Waals surface area contributed by atoms with Crippen LogP contribution in [0, 0.1) is 11.3 Å². The number of carboxylic acid groups (broad SMARTS) is 1. The van der Waals surface area contributed by atoms with Crippen LogP contribution in [0.5, 0.6) is 0 Å². The van der Waals surface area contributed by atoms with Gasteiger partial charge in [-0.3, -0.25) is 4.79 Å². The van der Waals surface area contributed by atoms with Crippen molar-refractivity contribution in [1.29, 1.82) is 5.26 Å². The molecule has 0 radical (unpaired) electrons. The van der Waals surface area contributed by atoms with Crippen molar-refractivity contribution in [2.45, 2.75) is 12.3 Å². The Hall–Kier alpha value is -3.12. The highest BCUT2D eigenvalue weighted by molar-refractivity contribution is 5.90. The predicted molar refractivity (Wildman–Crippen MR) is 89.2 cm³/mol. The Morgan fingerprint density at radius 2 is 1.70 bits per heavy atom. The molecule has 0 aliphatic carbocycles. The Labute approximate surface area is 134 Å². The summed E-state index contributed by atoms with van der Waals surface area (Å²) in [6.07, 6.45) is 0.398. The molecule has 3 rings (SSSR count). The van der Waals surface area contributed by atoms with Crippen LogP contribution in [0.15, 0.2) is 66.7 Å². The summed E-state index contributed by atoms with van der Waals surface area (Å²) in [6.45, 7) is 0. The number of nitrogens with zero attached hydrogens (tertiary/aromatic N) is 1. The van der Waals surface area contributed by atoms with Crippen LogP contribution in [0.25, 0.3) is 10.8 Å². The Morgan fingerprint density at radius 3 is 2.39 bits per heavy atom. The Bertz CT molecular complexity index is 886. The molecule has 0 bridgehead atoms. The lowest BCUT2D eigenvalue weighted by molar-refractivity contribution is -0.138. The molecule has 3 heteroatoms. The van der Waals surface area contributed by atoms with Crippen molar-refractivity contribution in [3.63, 3.8) is 0 Å². The highest BCUT2D eigenvalue weighted by Crippen LogP contribution is 2.28. The van der Waals surface area contributed by atoms with Crippen molar-refractivity contribution >= 4 is 16.7 Å². The van der Waals surface area contributed by atoms with Crippen LogP contribution < -0.4 is 0 Å². The van der Waals surface area contributed by atoms with Gasteiger partial charge in [0.25, 0.3) is 0 Å². The van der Waals surface area contributed by atoms with Crippen molar-refractivity contribution in [1.82, 2.24) is 0 Å². The SMILES string of the molecule is N#Cc1ccc(CC(C(=O)O)c2cccc3ccccc23)cc1. The van der Waals surface area contributed by atoms with E-state index in [1.807, 2.05) is 54.6 Å². The van der Waals surface area contributed by atoms with E-state index < -0.39 is 11.9 Å². The molecule has 0 aliphatic rings. The monoisotopic (exact) mass is 301 g/mol. The lowest BCUT2D eigenvalue weighted by Gasteiger charge is -2.15. The maximum Gasteiger partial charge on any atom is 0.311 e. The molecule has 3 aromatic carbocycles. The largest absolute Gasteiger partial charge is 0.481 e. The summed E-state index contributed by atoms with van der Waals surface area (Å²) in [4.78, 5) is 11.8. The molecule has 0 fully saturated rings. The lowest BCUT2D eigenvalue weighted by atomic mass is 9.88. The van der Waals surface area contributed by atoms with E-state index in [1.165, 1.54) is 0 Å². The summed E-state index contributed by atoms with van der Waals surface area (Å²) in [5, 5.41) is 20.6. The van der Waals surface area contributed by atoms with E-state index in [-0.39, 0.29) is 0 Å². The Kier molecular flexibility index (Phi) is 4.07. The zero-order valence-electron chi connectivity index (χ0n) is 12.4. The minimum atomic E-state index is -0.842. The van der Waals surface area contributed by atoms with Crippen LogP contribution >= 0.6 is 0 Å². The third-order valence-corrected chi connectivity index (χ3v) is 4.02. The average molecular weight is 301 g/mol. The number of carboxylic acids is 1. The van der Waals surface area contributed by atoms with Crippen LogP contribution in [0.3, 0.4) is 0 Å². The van der Waals surface area contributed by atoms with Gasteiger partial charge in [0.15, 0.2) is 0 Å². The van der Waals surface area contributed by atoms with Gasteiger partial charge in [-0.1, -0.05) is 54.6 Å². The molecule has 0 amide bonds. The van der Waals surface area contributed by atoms with Gasteiger partial charge in [-0.2, -0.15) is 5.26 Å². The van der Waals surface area contributed by atoms with Gasteiger partial charge in [0.1, 0.15) is 0 Å². The molecule has 0 aliphatic heterocycles. The van der Waals surface area contributed by atoms with Gasteiger partial charge >= 0.3 is 5.97 Å². The average Bonchev–Trinajstić information content (AvgIpc) is 2.59. The molecule has 3 aromatic rings. The molecule has 0 saturated carbocycles. The number of hydrogen-bond acceptors (Lipinski definition) is 2. The third kappa shape index (κ3) is 3.07. The molecule has 0 spiro atoms. The highest BCUT2D eigenvalue weighted by atomic mass is 16.4.